The maximum absolute atomic E-state index is 11.8. The standard InChI is InChI=1S/C13H17NO5S/c1-13(2,3)19-12(17)14-10-9(11(15)16)7-6-18-5-4-8(7)20-10/h4-6H2,1-3H3,(H,14,17)(H,15,16). The van der Waals surface area contributed by atoms with E-state index < -0.39 is 17.7 Å². The number of aromatic carboxylic acids is 1. The van der Waals surface area contributed by atoms with E-state index in [1.807, 2.05) is 0 Å². The zero-order valence-corrected chi connectivity index (χ0v) is 12.4. The molecule has 0 bridgehead atoms. The van der Waals surface area contributed by atoms with E-state index in [4.69, 9.17) is 9.47 Å². The van der Waals surface area contributed by atoms with Gasteiger partial charge in [-0.3, -0.25) is 5.32 Å². The van der Waals surface area contributed by atoms with Gasteiger partial charge in [0, 0.05) is 16.9 Å². The molecular weight excluding hydrogens is 282 g/mol. The second-order valence-corrected chi connectivity index (χ2v) is 6.55. The van der Waals surface area contributed by atoms with Crippen LogP contribution in [0.3, 0.4) is 0 Å². The number of hydrogen-bond donors (Lipinski definition) is 2. The van der Waals surface area contributed by atoms with Gasteiger partial charge in [0.1, 0.15) is 16.2 Å². The van der Waals surface area contributed by atoms with Gasteiger partial charge in [0.05, 0.1) is 13.2 Å². The Morgan fingerprint density at radius 2 is 2.10 bits per heavy atom. The zero-order valence-electron chi connectivity index (χ0n) is 11.6. The van der Waals surface area contributed by atoms with Crippen LogP contribution in [-0.4, -0.2) is 29.4 Å². The molecule has 0 atom stereocenters. The highest BCUT2D eigenvalue weighted by atomic mass is 32.1. The first kappa shape index (κ1) is 14.8. The van der Waals surface area contributed by atoms with Crippen molar-refractivity contribution in [1.29, 1.82) is 0 Å². The molecule has 6 nitrogen and oxygen atoms in total. The van der Waals surface area contributed by atoms with E-state index in [1.54, 1.807) is 20.8 Å². The zero-order chi connectivity index (χ0) is 14.9. The van der Waals surface area contributed by atoms with E-state index in [2.05, 4.69) is 5.32 Å². The molecule has 0 unspecified atom stereocenters. The Morgan fingerprint density at radius 1 is 1.40 bits per heavy atom. The van der Waals surface area contributed by atoms with Crippen LogP contribution >= 0.6 is 11.3 Å². The van der Waals surface area contributed by atoms with Crippen molar-refractivity contribution in [2.45, 2.75) is 39.4 Å². The van der Waals surface area contributed by atoms with Gasteiger partial charge in [-0.2, -0.15) is 0 Å². The topological polar surface area (TPSA) is 84.9 Å². The SMILES string of the molecule is CC(C)(C)OC(=O)Nc1sc2c(c1C(=O)O)COCC2. The molecule has 110 valence electrons. The second-order valence-electron chi connectivity index (χ2n) is 5.44. The maximum Gasteiger partial charge on any atom is 0.412 e. The van der Waals surface area contributed by atoms with E-state index in [-0.39, 0.29) is 12.2 Å². The van der Waals surface area contributed by atoms with Crippen LogP contribution in [0.4, 0.5) is 9.80 Å². The lowest BCUT2D eigenvalue weighted by atomic mass is 10.1. The average Bonchev–Trinajstić information content (AvgIpc) is 2.63. The molecule has 1 aliphatic rings. The van der Waals surface area contributed by atoms with Gasteiger partial charge in [-0.15, -0.1) is 11.3 Å². The number of anilines is 1. The minimum Gasteiger partial charge on any atom is -0.478 e. The molecule has 1 aromatic rings. The van der Waals surface area contributed by atoms with E-state index in [9.17, 15) is 14.7 Å². The summed E-state index contributed by atoms with van der Waals surface area (Å²) in [7, 11) is 0. The third-order valence-corrected chi connectivity index (χ3v) is 3.85. The lowest BCUT2D eigenvalue weighted by molar-refractivity contribution is 0.0636. The number of carbonyl (C=O) groups is 2. The van der Waals surface area contributed by atoms with Gasteiger partial charge in [-0.05, 0) is 20.8 Å². The first-order chi connectivity index (χ1) is 9.28. The first-order valence-corrected chi connectivity index (χ1v) is 7.05. The van der Waals surface area contributed by atoms with Gasteiger partial charge in [-0.25, -0.2) is 9.59 Å². The first-order valence-electron chi connectivity index (χ1n) is 6.23. The number of hydrogen-bond acceptors (Lipinski definition) is 5. The van der Waals surface area contributed by atoms with Crippen LogP contribution < -0.4 is 5.32 Å². The molecule has 0 radical (unpaired) electrons. The second kappa shape index (κ2) is 5.41. The minimum absolute atomic E-state index is 0.107. The van der Waals surface area contributed by atoms with E-state index in [1.165, 1.54) is 11.3 Å². The molecule has 1 aliphatic heterocycles. The van der Waals surface area contributed by atoms with E-state index in [0.717, 1.165) is 4.88 Å². The summed E-state index contributed by atoms with van der Waals surface area (Å²) < 4.78 is 10.4. The summed E-state index contributed by atoms with van der Waals surface area (Å²) in [6.07, 6.45) is 0.00975. The molecule has 2 heterocycles. The van der Waals surface area contributed by atoms with Crippen LogP contribution in [0.15, 0.2) is 0 Å². The summed E-state index contributed by atoms with van der Waals surface area (Å²) in [5.74, 6) is -1.07. The van der Waals surface area contributed by atoms with Crippen molar-refractivity contribution in [1.82, 2.24) is 0 Å². The quantitative estimate of drug-likeness (QED) is 0.877. The Bertz CT molecular complexity index is 544. The number of carboxylic acid groups (broad SMARTS) is 1. The van der Waals surface area contributed by atoms with Gasteiger partial charge >= 0.3 is 12.1 Å². The summed E-state index contributed by atoms with van der Waals surface area (Å²) in [6.45, 7) is 6.08. The molecule has 2 rings (SSSR count). The van der Waals surface area contributed by atoms with Crippen molar-refractivity contribution in [3.05, 3.63) is 16.0 Å². The van der Waals surface area contributed by atoms with Crippen molar-refractivity contribution >= 4 is 28.4 Å². The van der Waals surface area contributed by atoms with Crippen LogP contribution in [0.2, 0.25) is 0 Å². The normalized spacial score (nSPS) is 14.6. The van der Waals surface area contributed by atoms with Crippen molar-refractivity contribution < 1.29 is 24.2 Å². The summed E-state index contributed by atoms with van der Waals surface area (Å²) in [6, 6.07) is 0. The van der Waals surface area contributed by atoms with Crippen molar-refractivity contribution in [3.8, 4) is 0 Å². The highest BCUT2D eigenvalue weighted by Crippen LogP contribution is 2.36. The van der Waals surface area contributed by atoms with Crippen LogP contribution in [-0.2, 0) is 22.5 Å². The lowest BCUT2D eigenvalue weighted by Crippen LogP contribution is -2.27. The van der Waals surface area contributed by atoms with Gasteiger partial charge in [0.25, 0.3) is 0 Å². The molecule has 1 amide bonds. The Morgan fingerprint density at radius 3 is 2.70 bits per heavy atom. The molecule has 2 N–H and O–H groups in total. The Hall–Kier alpha value is -1.60. The lowest BCUT2D eigenvalue weighted by Gasteiger charge is -2.19. The molecule has 0 aromatic carbocycles. The molecule has 0 aliphatic carbocycles. The minimum atomic E-state index is -1.07. The Balaban J connectivity index is 2.25. The number of thiophene rings is 1. The number of ether oxygens (including phenoxy) is 2. The summed E-state index contributed by atoms with van der Waals surface area (Å²) in [5.41, 5.74) is 0.128. The van der Waals surface area contributed by atoms with Crippen LogP contribution in [0.25, 0.3) is 0 Å². The largest absolute Gasteiger partial charge is 0.478 e. The monoisotopic (exact) mass is 299 g/mol. The summed E-state index contributed by atoms with van der Waals surface area (Å²) in [4.78, 5) is 24.1. The Labute approximate surface area is 120 Å². The third-order valence-electron chi connectivity index (χ3n) is 2.64. The number of amides is 1. The molecule has 0 fully saturated rings. The smallest absolute Gasteiger partial charge is 0.412 e. The number of carbonyl (C=O) groups excluding carboxylic acids is 1. The molecular formula is C13H17NO5S. The van der Waals surface area contributed by atoms with Crippen LogP contribution in [0.1, 0.15) is 41.6 Å². The molecule has 7 heteroatoms. The predicted molar refractivity (Wildman–Crippen MR) is 74.5 cm³/mol. The van der Waals surface area contributed by atoms with E-state index >= 15 is 0 Å². The fourth-order valence-electron chi connectivity index (χ4n) is 1.92. The number of nitrogens with one attached hydrogen (secondary N) is 1. The number of carboxylic acids is 1. The van der Waals surface area contributed by atoms with Crippen LogP contribution in [0.5, 0.6) is 0 Å². The summed E-state index contributed by atoms with van der Waals surface area (Å²) in [5, 5.41) is 12.1. The van der Waals surface area contributed by atoms with Gasteiger partial charge in [-0.1, -0.05) is 0 Å². The predicted octanol–water partition coefficient (Wildman–Crippen LogP) is 2.87. The van der Waals surface area contributed by atoms with Crippen molar-refractivity contribution in [2.75, 3.05) is 11.9 Å². The van der Waals surface area contributed by atoms with Gasteiger partial charge in [0.2, 0.25) is 0 Å². The third kappa shape index (κ3) is 3.29. The average molecular weight is 299 g/mol. The number of fused-ring (bicyclic) bond motifs is 1. The molecule has 20 heavy (non-hydrogen) atoms. The van der Waals surface area contributed by atoms with E-state index in [0.29, 0.717) is 23.6 Å². The molecule has 0 saturated heterocycles. The summed E-state index contributed by atoms with van der Waals surface area (Å²) >= 11 is 1.27. The maximum atomic E-state index is 11.8. The molecule has 0 spiro atoms. The molecule has 0 saturated carbocycles. The fraction of sp³-hybridized carbons (Fsp3) is 0.538. The number of rotatable bonds is 2. The van der Waals surface area contributed by atoms with Crippen molar-refractivity contribution in [2.24, 2.45) is 0 Å². The molecule has 1 aromatic heterocycles. The highest BCUT2D eigenvalue weighted by Gasteiger charge is 2.27. The van der Waals surface area contributed by atoms with Gasteiger partial charge < -0.3 is 14.6 Å². The van der Waals surface area contributed by atoms with Gasteiger partial charge in [0.15, 0.2) is 0 Å². The fourth-order valence-corrected chi connectivity index (χ4v) is 3.08. The van der Waals surface area contributed by atoms with Crippen LogP contribution in [0, 0.1) is 0 Å². The Kier molecular flexibility index (Phi) is 4.01. The van der Waals surface area contributed by atoms with Crippen molar-refractivity contribution in [3.63, 3.8) is 0 Å². The highest BCUT2D eigenvalue weighted by molar-refractivity contribution is 7.17.